The molecule has 0 amide bonds. The van der Waals surface area contributed by atoms with Gasteiger partial charge in [-0.25, -0.2) is 0 Å². The van der Waals surface area contributed by atoms with Crippen molar-refractivity contribution in [2.24, 2.45) is 0 Å². The monoisotopic (exact) mass is 265 g/mol. The molecule has 0 saturated heterocycles. The van der Waals surface area contributed by atoms with Crippen LogP contribution in [0.2, 0.25) is 0 Å². The lowest BCUT2D eigenvalue weighted by Gasteiger charge is -2.01. The fraction of sp³-hybridized carbons (Fsp3) is 0. The Kier molecular flexibility index (Phi) is 2.60. The number of carbonyl (C=O) groups is 1. The van der Waals surface area contributed by atoms with Crippen molar-refractivity contribution in [1.29, 1.82) is 0 Å². The molecule has 3 nitrogen and oxygen atoms in total. The second-order valence-corrected chi connectivity index (χ2v) is 3.84. The first kappa shape index (κ1) is 9.98. The number of carbonyl (C=O) groups excluding carboxylic acids is 1. The summed E-state index contributed by atoms with van der Waals surface area (Å²) in [6.07, 6.45) is 1.66. The summed E-state index contributed by atoms with van der Waals surface area (Å²) in [4.78, 5) is 14.8. The third kappa shape index (κ3) is 1.80. The Balaban J connectivity index is 2.46. The van der Waals surface area contributed by atoms with E-state index in [4.69, 9.17) is 0 Å². The van der Waals surface area contributed by atoms with E-state index < -0.39 is 0 Å². The highest BCUT2D eigenvalue weighted by atomic mass is 79.9. The van der Waals surface area contributed by atoms with E-state index in [0.717, 1.165) is 0 Å². The molecule has 0 bridgehead atoms. The highest BCUT2D eigenvalue weighted by Crippen LogP contribution is 2.23. The van der Waals surface area contributed by atoms with E-state index in [2.05, 4.69) is 20.9 Å². The standard InChI is InChI=1S/C11H8BrNO2/c12-11-8(5-6-13-11)10(15)7-3-1-2-4-9(7)14/h1-6,13-14H. The number of hydrogen-bond acceptors (Lipinski definition) is 2. The molecule has 0 radical (unpaired) electrons. The van der Waals surface area contributed by atoms with Crippen LogP contribution in [-0.2, 0) is 0 Å². The Bertz CT molecular complexity index is 505. The van der Waals surface area contributed by atoms with Gasteiger partial charge in [-0.1, -0.05) is 12.1 Å². The van der Waals surface area contributed by atoms with E-state index >= 15 is 0 Å². The molecule has 2 aromatic rings. The predicted octanol–water partition coefficient (Wildman–Crippen LogP) is 2.71. The predicted molar refractivity (Wildman–Crippen MR) is 60.0 cm³/mol. The van der Waals surface area contributed by atoms with Gasteiger partial charge in [-0.15, -0.1) is 0 Å². The number of rotatable bonds is 2. The van der Waals surface area contributed by atoms with E-state index in [9.17, 15) is 9.90 Å². The molecular formula is C11H8BrNO2. The minimum atomic E-state index is -0.207. The topological polar surface area (TPSA) is 53.1 Å². The molecule has 0 fully saturated rings. The van der Waals surface area contributed by atoms with Crippen molar-refractivity contribution in [1.82, 2.24) is 4.98 Å². The largest absolute Gasteiger partial charge is 0.507 e. The Morgan fingerprint density at radius 1 is 1.20 bits per heavy atom. The molecule has 1 aromatic heterocycles. The van der Waals surface area contributed by atoms with Crippen LogP contribution in [0.5, 0.6) is 5.75 Å². The Hall–Kier alpha value is -1.55. The molecule has 2 N–H and O–H groups in total. The van der Waals surface area contributed by atoms with Crippen molar-refractivity contribution < 1.29 is 9.90 Å². The number of aromatic nitrogens is 1. The summed E-state index contributed by atoms with van der Waals surface area (Å²) >= 11 is 3.23. The van der Waals surface area contributed by atoms with Crippen molar-refractivity contribution in [2.75, 3.05) is 0 Å². The van der Waals surface area contributed by atoms with Crippen LogP contribution in [0.25, 0.3) is 0 Å². The second-order valence-electron chi connectivity index (χ2n) is 3.05. The fourth-order valence-electron chi connectivity index (χ4n) is 1.34. The molecule has 1 aromatic carbocycles. The summed E-state index contributed by atoms with van der Waals surface area (Å²) in [7, 11) is 0. The van der Waals surface area contributed by atoms with Gasteiger partial charge in [-0.3, -0.25) is 4.79 Å². The first-order valence-corrected chi connectivity index (χ1v) is 5.15. The highest BCUT2D eigenvalue weighted by Gasteiger charge is 2.15. The van der Waals surface area contributed by atoms with E-state index in [-0.39, 0.29) is 11.5 Å². The molecule has 0 aliphatic carbocycles. The Morgan fingerprint density at radius 2 is 1.93 bits per heavy atom. The van der Waals surface area contributed by atoms with E-state index in [1.54, 1.807) is 30.5 Å². The van der Waals surface area contributed by atoms with Gasteiger partial charge in [0.15, 0.2) is 5.78 Å². The Labute approximate surface area is 94.9 Å². The molecule has 1 heterocycles. The van der Waals surface area contributed by atoms with E-state index in [1.807, 2.05) is 0 Å². The van der Waals surface area contributed by atoms with Gasteiger partial charge in [-0.05, 0) is 34.1 Å². The number of nitrogens with one attached hydrogen (secondary N) is 1. The zero-order valence-electron chi connectivity index (χ0n) is 7.70. The number of ketones is 1. The average Bonchev–Trinajstić information content (AvgIpc) is 2.64. The van der Waals surface area contributed by atoms with E-state index in [1.165, 1.54) is 6.07 Å². The zero-order chi connectivity index (χ0) is 10.8. The van der Waals surface area contributed by atoms with Gasteiger partial charge in [0.25, 0.3) is 0 Å². The number of H-pyrrole nitrogens is 1. The molecule has 0 aliphatic rings. The zero-order valence-corrected chi connectivity index (χ0v) is 9.28. The van der Waals surface area contributed by atoms with Gasteiger partial charge < -0.3 is 10.1 Å². The molecule has 76 valence electrons. The maximum atomic E-state index is 11.9. The molecule has 0 aliphatic heterocycles. The van der Waals surface area contributed by atoms with Crippen LogP contribution in [0.1, 0.15) is 15.9 Å². The van der Waals surface area contributed by atoms with Crippen molar-refractivity contribution in [3.8, 4) is 5.75 Å². The summed E-state index contributed by atoms with van der Waals surface area (Å²) in [5.74, 6) is -0.211. The maximum absolute atomic E-state index is 11.9. The quantitative estimate of drug-likeness (QED) is 0.821. The highest BCUT2D eigenvalue weighted by molar-refractivity contribution is 9.10. The lowest BCUT2D eigenvalue weighted by atomic mass is 10.1. The summed E-state index contributed by atoms with van der Waals surface area (Å²) in [6.45, 7) is 0. The van der Waals surface area contributed by atoms with Gasteiger partial charge in [0.1, 0.15) is 5.75 Å². The molecule has 2 rings (SSSR count). The van der Waals surface area contributed by atoms with Crippen molar-refractivity contribution in [3.05, 3.63) is 52.3 Å². The fourth-order valence-corrected chi connectivity index (χ4v) is 1.78. The number of halogens is 1. The van der Waals surface area contributed by atoms with Crippen LogP contribution in [0, 0.1) is 0 Å². The molecular weight excluding hydrogens is 258 g/mol. The van der Waals surface area contributed by atoms with E-state index in [0.29, 0.717) is 15.7 Å². The van der Waals surface area contributed by atoms with Crippen molar-refractivity contribution in [2.45, 2.75) is 0 Å². The van der Waals surface area contributed by atoms with Gasteiger partial charge >= 0.3 is 0 Å². The third-order valence-electron chi connectivity index (χ3n) is 2.09. The van der Waals surface area contributed by atoms with Crippen LogP contribution >= 0.6 is 15.9 Å². The molecule has 0 atom stereocenters. The van der Waals surface area contributed by atoms with Gasteiger partial charge in [0.05, 0.1) is 15.7 Å². The summed E-state index contributed by atoms with van der Waals surface area (Å²) < 4.78 is 0.621. The van der Waals surface area contributed by atoms with Crippen LogP contribution in [0.15, 0.2) is 41.1 Å². The van der Waals surface area contributed by atoms with Crippen LogP contribution in [-0.4, -0.2) is 15.9 Å². The van der Waals surface area contributed by atoms with Gasteiger partial charge in [-0.2, -0.15) is 0 Å². The van der Waals surface area contributed by atoms with Crippen LogP contribution < -0.4 is 0 Å². The minimum absolute atomic E-state index is 0.00407. The van der Waals surface area contributed by atoms with Gasteiger partial charge in [0.2, 0.25) is 0 Å². The third-order valence-corrected chi connectivity index (χ3v) is 2.75. The lowest BCUT2D eigenvalue weighted by molar-refractivity contribution is 0.103. The first-order valence-electron chi connectivity index (χ1n) is 4.35. The number of hydrogen-bond donors (Lipinski definition) is 2. The summed E-state index contributed by atoms with van der Waals surface area (Å²) in [6, 6.07) is 8.15. The number of phenolic OH excluding ortho intramolecular Hbond substituents is 1. The summed E-state index contributed by atoms with van der Waals surface area (Å²) in [5.41, 5.74) is 0.814. The van der Waals surface area contributed by atoms with Crippen LogP contribution in [0.4, 0.5) is 0 Å². The SMILES string of the molecule is O=C(c1ccccc1O)c1cc[nH]c1Br. The lowest BCUT2D eigenvalue weighted by Crippen LogP contribution is -2.00. The molecule has 0 unspecified atom stereocenters. The normalized spacial score (nSPS) is 10.2. The Morgan fingerprint density at radius 3 is 2.53 bits per heavy atom. The first-order chi connectivity index (χ1) is 7.20. The van der Waals surface area contributed by atoms with Crippen molar-refractivity contribution >= 4 is 21.7 Å². The molecule has 0 spiro atoms. The van der Waals surface area contributed by atoms with Crippen molar-refractivity contribution in [3.63, 3.8) is 0 Å². The number of aromatic hydroxyl groups is 1. The summed E-state index contributed by atoms with van der Waals surface area (Å²) in [5, 5.41) is 9.52. The van der Waals surface area contributed by atoms with Gasteiger partial charge in [0, 0.05) is 6.20 Å². The minimum Gasteiger partial charge on any atom is -0.507 e. The smallest absolute Gasteiger partial charge is 0.199 e. The number of aromatic amines is 1. The van der Waals surface area contributed by atoms with Crippen LogP contribution in [0.3, 0.4) is 0 Å². The number of para-hydroxylation sites is 1. The molecule has 0 saturated carbocycles. The molecule has 15 heavy (non-hydrogen) atoms. The average molecular weight is 266 g/mol. The number of phenols is 1. The molecule has 4 heteroatoms. The number of benzene rings is 1. The second kappa shape index (κ2) is 3.90. The maximum Gasteiger partial charge on any atom is 0.199 e.